The number of amides is 1. The third-order valence-electron chi connectivity index (χ3n) is 1.70. The van der Waals surface area contributed by atoms with Crippen molar-refractivity contribution in [2.45, 2.75) is 12.5 Å². The lowest BCUT2D eigenvalue weighted by molar-refractivity contribution is -0.141. The number of carbonyl (C=O) groups excluding carboxylic acids is 1. The zero-order valence-electron chi connectivity index (χ0n) is 9.32. The van der Waals surface area contributed by atoms with Crippen LogP contribution in [0.5, 0.6) is 0 Å². The molecule has 0 rings (SSSR count). The maximum Gasteiger partial charge on any atom is 0.326 e. The molecule has 1 atom stereocenters. The van der Waals surface area contributed by atoms with E-state index in [0.29, 0.717) is 6.42 Å². The molecule has 88 valence electrons. The molecule has 5 nitrogen and oxygen atoms in total. The Bertz CT molecular complexity index is 221. The number of nitrogens with zero attached hydrogens (tertiary/aromatic N) is 1. The molecule has 0 saturated heterocycles. The van der Waals surface area contributed by atoms with Crippen molar-refractivity contribution in [3.05, 3.63) is 0 Å². The smallest absolute Gasteiger partial charge is 0.326 e. The highest BCUT2D eigenvalue weighted by atomic mass is 32.2. The van der Waals surface area contributed by atoms with E-state index in [0.717, 1.165) is 5.75 Å². The average molecular weight is 234 g/mol. The van der Waals surface area contributed by atoms with Crippen LogP contribution in [-0.4, -0.2) is 60.6 Å². The van der Waals surface area contributed by atoms with Crippen molar-refractivity contribution >= 4 is 23.6 Å². The van der Waals surface area contributed by atoms with Crippen LogP contribution in [0.15, 0.2) is 0 Å². The molecule has 15 heavy (non-hydrogen) atoms. The highest BCUT2D eigenvalue weighted by molar-refractivity contribution is 7.98. The second-order valence-electron chi connectivity index (χ2n) is 3.48. The lowest BCUT2D eigenvalue weighted by Gasteiger charge is -2.15. The van der Waals surface area contributed by atoms with Crippen LogP contribution in [0.2, 0.25) is 0 Å². The molecule has 1 amide bonds. The molecule has 0 aromatic heterocycles. The first-order chi connectivity index (χ1) is 6.97. The van der Waals surface area contributed by atoms with E-state index < -0.39 is 12.0 Å². The number of carboxylic acid groups (broad SMARTS) is 1. The van der Waals surface area contributed by atoms with E-state index in [1.54, 1.807) is 30.8 Å². The van der Waals surface area contributed by atoms with E-state index in [-0.39, 0.29) is 12.5 Å². The maximum absolute atomic E-state index is 11.3. The van der Waals surface area contributed by atoms with E-state index >= 15 is 0 Å². The quantitative estimate of drug-likeness (QED) is 0.642. The van der Waals surface area contributed by atoms with Gasteiger partial charge < -0.3 is 15.3 Å². The Morgan fingerprint density at radius 1 is 1.47 bits per heavy atom. The normalized spacial score (nSPS) is 12.5. The molecule has 0 aliphatic rings. The minimum atomic E-state index is -0.976. The van der Waals surface area contributed by atoms with Gasteiger partial charge in [-0.1, -0.05) is 0 Å². The molecule has 0 radical (unpaired) electrons. The summed E-state index contributed by atoms with van der Waals surface area (Å²) >= 11 is 1.56. The van der Waals surface area contributed by atoms with Crippen LogP contribution in [0, 0.1) is 0 Å². The Morgan fingerprint density at radius 2 is 2.07 bits per heavy atom. The van der Waals surface area contributed by atoms with E-state index in [1.807, 2.05) is 6.26 Å². The number of hydrogen-bond donors (Lipinski definition) is 2. The molecule has 0 aromatic rings. The zero-order valence-corrected chi connectivity index (χ0v) is 10.1. The molecular weight excluding hydrogens is 216 g/mol. The fourth-order valence-electron chi connectivity index (χ4n) is 1.02. The number of carboxylic acids is 1. The molecule has 6 heteroatoms. The summed E-state index contributed by atoms with van der Waals surface area (Å²) in [5, 5.41) is 11.3. The Kier molecular flexibility index (Phi) is 7.15. The van der Waals surface area contributed by atoms with Crippen molar-refractivity contribution in [3.63, 3.8) is 0 Å². The molecule has 0 spiro atoms. The second-order valence-corrected chi connectivity index (χ2v) is 4.46. The van der Waals surface area contributed by atoms with Gasteiger partial charge in [-0.2, -0.15) is 11.8 Å². The van der Waals surface area contributed by atoms with Crippen molar-refractivity contribution in [2.24, 2.45) is 0 Å². The van der Waals surface area contributed by atoms with Crippen molar-refractivity contribution in [1.29, 1.82) is 0 Å². The predicted molar refractivity (Wildman–Crippen MR) is 61.1 cm³/mol. The number of carbonyl (C=O) groups is 2. The van der Waals surface area contributed by atoms with Crippen LogP contribution in [0.25, 0.3) is 0 Å². The lowest BCUT2D eigenvalue weighted by atomic mass is 10.2. The summed E-state index contributed by atoms with van der Waals surface area (Å²) in [7, 11) is 3.52. The molecule has 2 N–H and O–H groups in total. The summed E-state index contributed by atoms with van der Waals surface area (Å²) in [5.41, 5.74) is 0. The average Bonchev–Trinajstić information content (AvgIpc) is 2.10. The van der Waals surface area contributed by atoms with Crippen molar-refractivity contribution in [1.82, 2.24) is 10.2 Å². The van der Waals surface area contributed by atoms with Crippen LogP contribution in [0.1, 0.15) is 6.42 Å². The number of hydrogen-bond acceptors (Lipinski definition) is 4. The van der Waals surface area contributed by atoms with Gasteiger partial charge in [-0.3, -0.25) is 4.79 Å². The van der Waals surface area contributed by atoms with Gasteiger partial charge in [0.25, 0.3) is 0 Å². The van der Waals surface area contributed by atoms with Gasteiger partial charge in [0.1, 0.15) is 6.04 Å². The summed E-state index contributed by atoms with van der Waals surface area (Å²) in [6.45, 7) is 0.211. The third kappa shape index (κ3) is 7.21. The van der Waals surface area contributed by atoms with Gasteiger partial charge in [0.05, 0.1) is 6.54 Å². The van der Waals surface area contributed by atoms with Gasteiger partial charge >= 0.3 is 5.97 Å². The first-order valence-electron chi connectivity index (χ1n) is 4.63. The summed E-state index contributed by atoms with van der Waals surface area (Å²) in [6, 6.07) is -0.773. The zero-order chi connectivity index (χ0) is 11.8. The number of rotatable bonds is 7. The van der Waals surface area contributed by atoms with Gasteiger partial charge in [-0.15, -0.1) is 0 Å². The standard InChI is InChI=1S/C9H18N2O3S/c1-11(2)6-8(12)10-7(9(13)14)4-5-15-3/h7H,4-6H2,1-3H3,(H,10,12)(H,13,14)/t7-/m0/s1. The Balaban J connectivity index is 4.04. The Morgan fingerprint density at radius 3 is 2.47 bits per heavy atom. The SMILES string of the molecule is CSCC[C@H](NC(=O)CN(C)C)C(=O)O. The number of thioether (sulfide) groups is 1. The fraction of sp³-hybridized carbons (Fsp3) is 0.778. The monoisotopic (exact) mass is 234 g/mol. The Hall–Kier alpha value is -0.750. The second kappa shape index (κ2) is 7.53. The molecule has 0 aliphatic heterocycles. The molecular formula is C9H18N2O3S. The van der Waals surface area contributed by atoms with Crippen LogP contribution in [0.3, 0.4) is 0 Å². The summed E-state index contributed by atoms with van der Waals surface area (Å²) in [4.78, 5) is 23.8. The highest BCUT2D eigenvalue weighted by Crippen LogP contribution is 2.00. The molecule has 0 fully saturated rings. The first kappa shape index (κ1) is 14.2. The van der Waals surface area contributed by atoms with Crippen LogP contribution in [-0.2, 0) is 9.59 Å². The number of likely N-dealkylation sites (N-methyl/N-ethyl adjacent to an activating group) is 1. The third-order valence-corrected chi connectivity index (χ3v) is 2.35. The predicted octanol–water partition coefficient (Wildman–Crippen LogP) is -0.129. The van der Waals surface area contributed by atoms with E-state index in [2.05, 4.69) is 5.32 Å². The minimum Gasteiger partial charge on any atom is -0.480 e. The summed E-state index contributed by atoms with van der Waals surface area (Å²) in [6.07, 6.45) is 2.36. The van der Waals surface area contributed by atoms with Crippen molar-refractivity contribution in [3.8, 4) is 0 Å². The largest absolute Gasteiger partial charge is 0.480 e. The van der Waals surface area contributed by atoms with Crippen LogP contribution in [0.4, 0.5) is 0 Å². The molecule has 0 bridgehead atoms. The van der Waals surface area contributed by atoms with E-state index in [1.165, 1.54) is 0 Å². The van der Waals surface area contributed by atoms with Gasteiger partial charge in [0, 0.05) is 0 Å². The van der Waals surface area contributed by atoms with Gasteiger partial charge in [0.15, 0.2) is 0 Å². The fourth-order valence-corrected chi connectivity index (χ4v) is 1.49. The van der Waals surface area contributed by atoms with E-state index in [9.17, 15) is 9.59 Å². The van der Waals surface area contributed by atoms with E-state index in [4.69, 9.17) is 5.11 Å². The van der Waals surface area contributed by atoms with Crippen molar-refractivity contribution < 1.29 is 14.7 Å². The first-order valence-corrected chi connectivity index (χ1v) is 6.02. The number of nitrogens with one attached hydrogen (secondary N) is 1. The van der Waals surface area contributed by atoms with Crippen molar-refractivity contribution in [2.75, 3.05) is 32.6 Å². The van der Waals surface area contributed by atoms with Gasteiger partial charge in [0.2, 0.25) is 5.91 Å². The van der Waals surface area contributed by atoms with Gasteiger partial charge in [-0.05, 0) is 32.5 Å². The Labute approximate surface area is 94.2 Å². The molecule has 0 aliphatic carbocycles. The minimum absolute atomic E-state index is 0.211. The molecule has 0 aromatic carbocycles. The molecule has 0 heterocycles. The summed E-state index contributed by atoms with van der Waals surface area (Å²) in [5.74, 6) is -0.510. The molecule has 0 unspecified atom stereocenters. The molecule has 0 saturated carbocycles. The van der Waals surface area contributed by atoms with Crippen LogP contribution >= 0.6 is 11.8 Å². The highest BCUT2D eigenvalue weighted by Gasteiger charge is 2.19. The summed E-state index contributed by atoms with van der Waals surface area (Å²) < 4.78 is 0. The topological polar surface area (TPSA) is 69.6 Å². The number of aliphatic carboxylic acids is 1. The van der Waals surface area contributed by atoms with Gasteiger partial charge in [-0.25, -0.2) is 4.79 Å². The van der Waals surface area contributed by atoms with Crippen LogP contribution < -0.4 is 5.32 Å². The lowest BCUT2D eigenvalue weighted by Crippen LogP contribution is -2.44. The maximum atomic E-state index is 11.3.